The topological polar surface area (TPSA) is 72.2 Å². The van der Waals surface area contributed by atoms with Crippen LogP contribution < -0.4 is 10.5 Å². The minimum atomic E-state index is -3.71. The minimum absolute atomic E-state index is 0.0690. The molecule has 3 N–H and O–H groups in total. The van der Waals surface area contributed by atoms with Gasteiger partial charge in [0.05, 0.1) is 9.88 Å². The summed E-state index contributed by atoms with van der Waals surface area (Å²) in [7, 11) is -3.71. The Morgan fingerprint density at radius 1 is 1.53 bits per heavy atom. The number of sulfonamides is 1. The van der Waals surface area contributed by atoms with Crippen molar-refractivity contribution in [2.24, 2.45) is 5.73 Å². The lowest BCUT2D eigenvalue weighted by Gasteiger charge is -2.08. The fraction of sp³-hybridized carbons (Fsp3) is 0.300. The minimum Gasteiger partial charge on any atom is -0.393 e. The highest BCUT2D eigenvalue weighted by atomic mass is 32.2. The maximum atomic E-state index is 13.0. The molecule has 0 fully saturated rings. The number of thiocarbonyl (C=S) groups is 1. The van der Waals surface area contributed by atoms with Crippen LogP contribution in [0.3, 0.4) is 0 Å². The van der Waals surface area contributed by atoms with E-state index < -0.39 is 15.8 Å². The van der Waals surface area contributed by atoms with Crippen molar-refractivity contribution in [3.63, 3.8) is 0 Å². The van der Waals surface area contributed by atoms with Gasteiger partial charge in [-0.3, -0.25) is 0 Å². The highest BCUT2D eigenvalue weighted by Gasteiger charge is 2.16. The molecule has 0 aliphatic carbocycles. The summed E-state index contributed by atoms with van der Waals surface area (Å²) in [6, 6.07) is 3.61. The molecule has 0 bridgehead atoms. The molecule has 0 aromatic heterocycles. The predicted molar refractivity (Wildman–Crippen MR) is 67.7 cm³/mol. The van der Waals surface area contributed by atoms with Crippen LogP contribution in [0.4, 0.5) is 4.39 Å². The first kappa shape index (κ1) is 14.0. The lowest BCUT2D eigenvalue weighted by atomic mass is 10.2. The summed E-state index contributed by atoms with van der Waals surface area (Å²) in [4.78, 5) is 0.157. The third-order valence-corrected chi connectivity index (χ3v) is 3.91. The number of benzene rings is 1. The van der Waals surface area contributed by atoms with Gasteiger partial charge >= 0.3 is 0 Å². The number of hydrogen-bond acceptors (Lipinski definition) is 3. The van der Waals surface area contributed by atoms with Gasteiger partial charge in [-0.25, -0.2) is 17.5 Å². The second-order valence-electron chi connectivity index (χ2n) is 3.52. The van der Waals surface area contributed by atoms with E-state index in [1.165, 1.54) is 12.1 Å². The SMILES string of the molecule is Cc1ccc(F)cc1S(=O)(=O)NCCC(N)=S. The van der Waals surface area contributed by atoms with Gasteiger partial charge in [0.1, 0.15) is 5.82 Å². The van der Waals surface area contributed by atoms with Crippen LogP contribution in [-0.2, 0) is 10.0 Å². The molecule has 17 heavy (non-hydrogen) atoms. The quantitative estimate of drug-likeness (QED) is 0.790. The number of hydrogen-bond donors (Lipinski definition) is 2. The third-order valence-electron chi connectivity index (χ3n) is 2.10. The van der Waals surface area contributed by atoms with E-state index in [0.29, 0.717) is 5.56 Å². The molecule has 1 aromatic carbocycles. The highest BCUT2D eigenvalue weighted by molar-refractivity contribution is 7.89. The Kier molecular flexibility index (Phi) is 4.55. The Hall–Kier alpha value is -1.05. The second-order valence-corrected chi connectivity index (χ2v) is 5.78. The van der Waals surface area contributed by atoms with Gasteiger partial charge in [0, 0.05) is 13.0 Å². The molecule has 0 atom stereocenters. The first-order valence-electron chi connectivity index (χ1n) is 4.87. The Balaban J connectivity index is 2.89. The van der Waals surface area contributed by atoms with Crippen LogP contribution in [0.5, 0.6) is 0 Å². The van der Waals surface area contributed by atoms with Crippen molar-refractivity contribution < 1.29 is 12.8 Å². The Labute approximate surface area is 105 Å². The summed E-state index contributed by atoms with van der Waals surface area (Å²) in [5.74, 6) is -0.592. The number of aryl methyl sites for hydroxylation is 1. The van der Waals surface area contributed by atoms with E-state index in [4.69, 9.17) is 5.73 Å². The van der Waals surface area contributed by atoms with Crippen molar-refractivity contribution in [1.29, 1.82) is 0 Å². The zero-order valence-corrected chi connectivity index (χ0v) is 10.9. The Bertz CT molecular complexity index is 529. The summed E-state index contributed by atoms with van der Waals surface area (Å²) < 4.78 is 39.0. The van der Waals surface area contributed by atoms with E-state index in [1.54, 1.807) is 6.92 Å². The lowest BCUT2D eigenvalue weighted by molar-refractivity contribution is 0.577. The molecule has 1 rings (SSSR count). The van der Waals surface area contributed by atoms with E-state index in [2.05, 4.69) is 16.9 Å². The smallest absolute Gasteiger partial charge is 0.240 e. The molecule has 0 amide bonds. The molecule has 0 aliphatic heterocycles. The number of nitrogens with one attached hydrogen (secondary N) is 1. The standard InChI is InChI=1S/C10H13FN2O2S2/c1-7-2-3-8(11)6-9(7)17(14,15)13-5-4-10(12)16/h2-3,6,13H,4-5H2,1H3,(H2,12,16). The molecule has 4 nitrogen and oxygen atoms in total. The first-order chi connectivity index (χ1) is 7.83. The van der Waals surface area contributed by atoms with Crippen molar-refractivity contribution in [3.8, 4) is 0 Å². The third kappa shape index (κ3) is 4.03. The Morgan fingerprint density at radius 2 is 2.18 bits per heavy atom. The molecular formula is C10H13FN2O2S2. The molecule has 0 saturated carbocycles. The largest absolute Gasteiger partial charge is 0.393 e. The van der Waals surface area contributed by atoms with E-state index in [0.717, 1.165) is 6.07 Å². The van der Waals surface area contributed by atoms with Crippen LogP contribution >= 0.6 is 12.2 Å². The van der Waals surface area contributed by atoms with Crippen LogP contribution in [0, 0.1) is 12.7 Å². The van der Waals surface area contributed by atoms with Gasteiger partial charge in [-0.05, 0) is 24.6 Å². The molecule has 0 radical (unpaired) electrons. The predicted octanol–water partition coefficient (Wildman–Crippen LogP) is 1.09. The van der Waals surface area contributed by atoms with Gasteiger partial charge < -0.3 is 5.73 Å². The lowest BCUT2D eigenvalue weighted by Crippen LogP contribution is -2.28. The molecule has 0 unspecified atom stereocenters. The average molecular weight is 276 g/mol. The van der Waals surface area contributed by atoms with Crippen molar-refractivity contribution in [2.45, 2.75) is 18.2 Å². The fourth-order valence-electron chi connectivity index (χ4n) is 1.25. The zero-order valence-electron chi connectivity index (χ0n) is 9.23. The van der Waals surface area contributed by atoms with Crippen molar-refractivity contribution in [2.75, 3.05) is 6.54 Å². The molecule has 0 saturated heterocycles. The molecule has 0 aliphatic rings. The van der Waals surface area contributed by atoms with E-state index in [-0.39, 0.29) is 22.8 Å². The molecule has 1 aromatic rings. The number of rotatable bonds is 5. The molecule has 0 heterocycles. The van der Waals surface area contributed by atoms with Gasteiger partial charge in [0.2, 0.25) is 10.0 Å². The maximum absolute atomic E-state index is 13.0. The van der Waals surface area contributed by atoms with Crippen molar-refractivity contribution in [3.05, 3.63) is 29.6 Å². The summed E-state index contributed by atoms with van der Waals surface area (Å²) >= 11 is 4.63. The van der Waals surface area contributed by atoms with E-state index >= 15 is 0 Å². The fourth-order valence-corrected chi connectivity index (χ4v) is 2.64. The zero-order chi connectivity index (χ0) is 13.1. The van der Waals surface area contributed by atoms with Gasteiger partial charge in [0.25, 0.3) is 0 Å². The summed E-state index contributed by atoms with van der Waals surface area (Å²) in [5, 5.41) is 0. The summed E-state index contributed by atoms with van der Waals surface area (Å²) in [6.45, 7) is 1.70. The Morgan fingerprint density at radius 3 is 2.76 bits per heavy atom. The average Bonchev–Trinajstić information content (AvgIpc) is 2.20. The first-order valence-corrected chi connectivity index (χ1v) is 6.76. The van der Waals surface area contributed by atoms with Crippen LogP contribution in [0.15, 0.2) is 23.1 Å². The van der Waals surface area contributed by atoms with E-state index in [1.807, 2.05) is 0 Å². The monoisotopic (exact) mass is 276 g/mol. The van der Waals surface area contributed by atoms with Crippen LogP contribution in [0.2, 0.25) is 0 Å². The van der Waals surface area contributed by atoms with Gasteiger partial charge in [-0.15, -0.1) is 0 Å². The van der Waals surface area contributed by atoms with Crippen LogP contribution in [0.1, 0.15) is 12.0 Å². The van der Waals surface area contributed by atoms with Crippen LogP contribution in [0.25, 0.3) is 0 Å². The van der Waals surface area contributed by atoms with Gasteiger partial charge in [-0.2, -0.15) is 0 Å². The van der Waals surface area contributed by atoms with Gasteiger partial charge in [0.15, 0.2) is 0 Å². The normalized spacial score (nSPS) is 11.4. The van der Waals surface area contributed by atoms with Crippen molar-refractivity contribution >= 4 is 27.2 Å². The molecule has 7 heteroatoms. The number of nitrogens with two attached hydrogens (primary N) is 1. The molecular weight excluding hydrogens is 263 g/mol. The van der Waals surface area contributed by atoms with E-state index in [9.17, 15) is 12.8 Å². The maximum Gasteiger partial charge on any atom is 0.240 e. The van der Waals surface area contributed by atoms with Crippen molar-refractivity contribution in [1.82, 2.24) is 4.72 Å². The number of halogens is 1. The summed E-state index contributed by atoms with van der Waals surface area (Å²) in [6.07, 6.45) is 0.267. The molecule has 94 valence electrons. The second kappa shape index (κ2) is 5.52. The molecule has 0 spiro atoms. The highest BCUT2D eigenvalue weighted by Crippen LogP contribution is 2.15. The van der Waals surface area contributed by atoms with Crippen LogP contribution in [-0.4, -0.2) is 20.0 Å². The van der Waals surface area contributed by atoms with Gasteiger partial charge in [-0.1, -0.05) is 18.3 Å². The summed E-state index contributed by atoms with van der Waals surface area (Å²) in [5.41, 5.74) is 5.73.